The molecule has 3 aromatic rings. The number of anilines is 2. The molecule has 0 spiro atoms. The molecule has 3 aliphatic rings. The van der Waals surface area contributed by atoms with Crippen molar-refractivity contribution in [2.75, 3.05) is 82.8 Å². The fourth-order valence-electron chi connectivity index (χ4n) is 11.5. The lowest BCUT2D eigenvalue weighted by molar-refractivity contribution is -0.385. The summed E-state index contributed by atoms with van der Waals surface area (Å²) in [4.78, 5) is 175. The number of hydrogen-bond acceptors (Lipinski definition) is 29. The normalized spacial score (nSPS) is 21.8. The molecule has 3 N–H and O–H groups in total. The summed E-state index contributed by atoms with van der Waals surface area (Å²) < 4.78 is 71.2. The van der Waals surface area contributed by atoms with Crippen LogP contribution in [0.15, 0.2) is 36.7 Å². The Morgan fingerprint density at radius 2 is 1.09 bits per heavy atom. The quantitative estimate of drug-likeness (QED) is 0.0182. The predicted molar refractivity (Wildman–Crippen MR) is 354 cm³/mol. The largest absolute Gasteiger partial charge is 0.493 e. The number of methoxy groups -OCH3 is 1. The first-order valence-corrected chi connectivity index (χ1v) is 34.1. The van der Waals surface area contributed by atoms with Gasteiger partial charge in [0, 0.05) is 93.4 Å². The zero-order valence-electron chi connectivity index (χ0n) is 57.8. The minimum absolute atomic E-state index is 0.0123. The first kappa shape index (κ1) is 80.0. The van der Waals surface area contributed by atoms with Gasteiger partial charge in [-0.05, 0) is 70.0 Å². The van der Waals surface area contributed by atoms with Gasteiger partial charge >= 0.3 is 47.8 Å². The van der Waals surface area contributed by atoms with Crippen LogP contribution in [0.5, 0.6) is 11.5 Å². The van der Waals surface area contributed by atoms with Crippen LogP contribution in [-0.4, -0.2) is 227 Å². The molecule has 6 rings (SSSR count). The Hall–Kier alpha value is -9.00. The standard InChI is InChI=1S/C64H86N8O26S2/c1-14-99-64(100-15-2)44-19-16-23-69(44)61(84)43-27-48(87-13)49(28-45(43)72(85)86)88-24-17-20-52(81)66-41-25-47(71(29-41)63-58(96-40(10)80)56(94-38(8)78)54(92-36(6)76)51(98-63)32-90-34(4)74)60(83)67-42-26-46(59(82)65-21-18-22-68(11)12)70(30-42)62-57(95-39(9)79)55(93-37(7)77)53(91-35(5)75)50(97-62)31-89-33(3)73/h25-30,44,50-51,53-58,62-64H,14-24,31-32H2,1-13H3,(H,65,82)(H,66,81)(H,67,83)/t44-,50-,51-,53-,54-,55-,56-,57-,58-,62+,63+/m1/s1. The highest BCUT2D eigenvalue weighted by Gasteiger charge is 2.55. The summed E-state index contributed by atoms with van der Waals surface area (Å²) in [5.41, 5.74) is -1.84. The summed E-state index contributed by atoms with van der Waals surface area (Å²) in [6.07, 6.45) is -13.1. The SMILES string of the molecule is CCSC(SCC)[C@H]1CCCN1C(=O)c1cc(OC)c(OCCCC(=O)Nc2cc(C(=O)Nc3cc(C(=O)NCCCN(C)C)n([C@H]4O[C@H](COC(C)=O)[C@@H](OC(C)=O)[C@@H](OC(C)=O)[C@H]4OC(C)=O)c3)n([C@H]3O[C@H](COC(C)=O)[C@@H](OC(C)=O)[C@@H](OC(C)=O)[C@H]3OC(C)=O)c2)cc1[N+](=O)[O-]. The van der Waals surface area contributed by atoms with Crippen molar-refractivity contribution in [1.82, 2.24) is 24.3 Å². The fraction of sp³-hybridized carbons (Fsp3) is 0.594. The molecule has 550 valence electrons. The topological polar surface area (TPSA) is 411 Å². The molecule has 100 heavy (non-hydrogen) atoms. The molecule has 0 radical (unpaired) electrons. The third-order valence-electron chi connectivity index (χ3n) is 15.3. The molecule has 0 bridgehead atoms. The molecule has 3 aliphatic heterocycles. The van der Waals surface area contributed by atoms with Crippen molar-refractivity contribution in [3.63, 3.8) is 0 Å². The van der Waals surface area contributed by atoms with Crippen molar-refractivity contribution in [1.29, 1.82) is 0 Å². The number of esters is 8. The number of carbonyl (C=O) groups excluding carboxylic acids is 12. The van der Waals surface area contributed by atoms with Gasteiger partial charge in [0.25, 0.3) is 23.4 Å². The predicted octanol–water partition coefficient (Wildman–Crippen LogP) is 4.89. The summed E-state index contributed by atoms with van der Waals surface area (Å²) >= 11 is 3.42. The molecular weight excluding hydrogens is 1360 g/mol. The summed E-state index contributed by atoms with van der Waals surface area (Å²) in [7, 11) is 4.93. The van der Waals surface area contributed by atoms with Gasteiger partial charge in [-0.3, -0.25) is 67.6 Å². The van der Waals surface area contributed by atoms with Gasteiger partial charge in [0.1, 0.15) is 42.4 Å². The minimum atomic E-state index is -1.83. The first-order valence-electron chi connectivity index (χ1n) is 32.0. The number of rotatable bonds is 33. The summed E-state index contributed by atoms with van der Waals surface area (Å²) in [5, 5.41) is 20.8. The van der Waals surface area contributed by atoms with E-state index in [0.29, 0.717) is 19.5 Å². The van der Waals surface area contributed by atoms with E-state index in [-0.39, 0.29) is 70.7 Å². The Labute approximate surface area is 584 Å². The second kappa shape index (κ2) is 37.4. The number of amides is 4. The van der Waals surface area contributed by atoms with Crippen molar-refractivity contribution in [2.45, 2.75) is 173 Å². The van der Waals surface area contributed by atoms with E-state index in [4.69, 9.17) is 56.8 Å². The van der Waals surface area contributed by atoms with Crippen LogP contribution in [-0.2, 0) is 90.5 Å². The van der Waals surface area contributed by atoms with E-state index in [1.165, 1.54) is 31.6 Å². The number of benzene rings is 1. The third kappa shape index (κ3) is 22.0. The number of nitrogens with zero attached hydrogens (tertiary/aromatic N) is 5. The van der Waals surface area contributed by atoms with Gasteiger partial charge in [0.05, 0.1) is 46.7 Å². The van der Waals surface area contributed by atoms with Crippen LogP contribution in [0.2, 0.25) is 0 Å². The van der Waals surface area contributed by atoms with Crippen LogP contribution in [0.25, 0.3) is 0 Å². The number of nitro groups is 1. The molecule has 4 amide bonds. The van der Waals surface area contributed by atoms with Gasteiger partial charge in [0.2, 0.25) is 5.91 Å². The number of nitro benzene ring substituents is 1. The number of thioether (sulfide) groups is 2. The van der Waals surface area contributed by atoms with Gasteiger partial charge in [-0.15, -0.1) is 23.5 Å². The lowest BCUT2D eigenvalue weighted by Gasteiger charge is -2.45. The molecule has 36 heteroatoms. The maximum absolute atomic E-state index is 15.3. The number of hydrogen-bond donors (Lipinski definition) is 3. The molecule has 0 unspecified atom stereocenters. The van der Waals surface area contributed by atoms with Gasteiger partial charge in [-0.2, -0.15) is 0 Å². The highest BCUT2D eigenvalue weighted by molar-refractivity contribution is 8.17. The van der Waals surface area contributed by atoms with Gasteiger partial charge in [-0.25, -0.2) is 0 Å². The molecule has 3 saturated heterocycles. The average molecular weight is 1450 g/mol. The van der Waals surface area contributed by atoms with E-state index in [1.807, 2.05) is 32.8 Å². The Bertz CT molecular complexity index is 3480. The maximum atomic E-state index is 15.3. The molecule has 1 aromatic carbocycles. The van der Waals surface area contributed by atoms with E-state index in [2.05, 4.69) is 16.0 Å². The lowest BCUT2D eigenvalue weighted by Crippen LogP contribution is -2.60. The van der Waals surface area contributed by atoms with Crippen LogP contribution in [0.3, 0.4) is 0 Å². The molecule has 2 aromatic heterocycles. The van der Waals surface area contributed by atoms with Crippen molar-refractivity contribution >= 4 is 112 Å². The molecule has 0 saturated carbocycles. The van der Waals surface area contributed by atoms with Crippen LogP contribution < -0.4 is 25.4 Å². The average Bonchev–Trinajstić information content (AvgIpc) is 1.40. The van der Waals surface area contributed by atoms with Crippen LogP contribution in [0, 0.1) is 10.1 Å². The first-order chi connectivity index (χ1) is 47.3. The van der Waals surface area contributed by atoms with Crippen LogP contribution in [0.4, 0.5) is 17.1 Å². The van der Waals surface area contributed by atoms with Crippen molar-refractivity contribution in [2.24, 2.45) is 0 Å². The minimum Gasteiger partial charge on any atom is -0.493 e. The van der Waals surface area contributed by atoms with Crippen molar-refractivity contribution in [3.8, 4) is 11.5 Å². The van der Waals surface area contributed by atoms with Gasteiger partial charge < -0.3 is 91.7 Å². The number of ether oxygens (including phenoxy) is 12. The summed E-state index contributed by atoms with van der Waals surface area (Å²) in [5.74, 6) is -9.00. The zero-order chi connectivity index (χ0) is 73.8. The number of carbonyl (C=O) groups is 12. The van der Waals surface area contributed by atoms with Crippen LogP contribution >= 0.6 is 23.5 Å². The Morgan fingerprint density at radius 1 is 0.620 bits per heavy atom. The van der Waals surface area contributed by atoms with Crippen LogP contribution in [0.1, 0.15) is 145 Å². The molecule has 11 atom stereocenters. The lowest BCUT2D eigenvalue weighted by atomic mass is 9.97. The highest BCUT2D eigenvalue weighted by Crippen LogP contribution is 2.42. The van der Waals surface area contributed by atoms with Gasteiger partial charge in [-0.1, -0.05) is 13.8 Å². The van der Waals surface area contributed by atoms with Gasteiger partial charge in [0.15, 0.2) is 60.6 Å². The monoisotopic (exact) mass is 1450 g/mol. The fourth-order valence-corrected chi connectivity index (χ4v) is 14.4. The van der Waals surface area contributed by atoms with E-state index in [0.717, 1.165) is 101 Å². The maximum Gasteiger partial charge on any atom is 0.303 e. The third-order valence-corrected chi connectivity index (χ3v) is 18.1. The molecular formula is C64H86N8O26S2. The molecule has 3 fully saturated rings. The number of likely N-dealkylation sites (tertiary alicyclic amines) is 1. The molecule has 0 aliphatic carbocycles. The highest BCUT2D eigenvalue weighted by atomic mass is 32.2. The molecule has 5 heterocycles. The van der Waals surface area contributed by atoms with E-state index < -0.39 is 162 Å². The summed E-state index contributed by atoms with van der Waals surface area (Å²) in [6.45, 7) is 11.7. The molecule has 34 nitrogen and oxygen atoms in total. The van der Waals surface area contributed by atoms with Crippen molar-refractivity contribution < 1.29 is 119 Å². The Kier molecular flexibility index (Phi) is 29.9. The Morgan fingerprint density at radius 3 is 1.54 bits per heavy atom. The smallest absolute Gasteiger partial charge is 0.303 e. The zero-order valence-corrected chi connectivity index (χ0v) is 59.4. The second-order valence-electron chi connectivity index (χ2n) is 23.4. The van der Waals surface area contributed by atoms with Crippen molar-refractivity contribution in [3.05, 3.63) is 63.7 Å². The summed E-state index contributed by atoms with van der Waals surface area (Å²) in [6, 6.07) is 4.52. The number of aromatic nitrogens is 2. The van der Waals surface area contributed by atoms with E-state index in [1.54, 1.807) is 28.4 Å². The second-order valence-corrected chi connectivity index (χ2v) is 26.5. The Balaban J connectivity index is 1.43. The number of nitrogens with one attached hydrogen (secondary N) is 3. The van der Waals surface area contributed by atoms with E-state index in [9.17, 15) is 62.9 Å². The van der Waals surface area contributed by atoms with E-state index >= 15 is 4.79 Å².